The number of anilines is 2. The summed E-state index contributed by atoms with van der Waals surface area (Å²) in [6, 6.07) is 10.00. The summed E-state index contributed by atoms with van der Waals surface area (Å²) in [7, 11) is 1.78. The van der Waals surface area contributed by atoms with Crippen molar-refractivity contribution >= 4 is 39.3 Å². The number of hydrogen-bond donors (Lipinski definition) is 2. The van der Waals surface area contributed by atoms with Crippen LogP contribution in [0.1, 0.15) is 34.8 Å². The number of carbonyl (C=O) groups is 1. The Labute approximate surface area is 226 Å². The van der Waals surface area contributed by atoms with E-state index in [-0.39, 0.29) is 22.8 Å². The Kier molecular flexibility index (Phi) is 6.12. The fraction of sp³-hybridized carbons (Fsp3) is 0.250. The quantitative estimate of drug-likeness (QED) is 0.192. The maximum atomic E-state index is 14.2. The van der Waals surface area contributed by atoms with E-state index in [1.54, 1.807) is 47.7 Å². The fourth-order valence-corrected chi connectivity index (χ4v) is 5.29. The van der Waals surface area contributed by atoms with Crippen molar-refractivity contribution in [3.8, 4) is 0 Å². The van der Waals surface area contributed by atoms with Crippen molar-refractivity contribution in [2.24, 2.45) is 7.05 Å². The van der Waals surface area contributed by atoms with Gasteiger partial charge in [-0.25, -0.2) is 27.5 Å². The Hall–Kier alpha value is -4.61. The van der Waals surface area contributed by atoms with Crippen molar-refractivity contribution < 1.29 is 22.4 Å². The predicted octanol–water partition coefficient (Wildman–Crippen LogP) is 4.70. The van der Waals surface area contributed by atoms with Crippen LogP contribution in [0.4, 0.5) is 28.9 Å². The molecule has 0 aliphatic carbocycles. The van der Waals surface area contributed by atoms with E-state index >= 15 is 0 Å². The van der Waals surface area contributed by atoms with Crippen molar-refractivity contribution in [1.82, 2.24) is 24.4 Å². The highest BCUT2D eigenvalue weighted by molar-refractivity contribution is 5.97. The summed E-state index contributed by atoms with van der Waals surface area (Å²) in [6.45, 7) is 3.83. The molecule has 1 aliphatic rings. The Morgan fingerprint density at radius 3 is 2.45 bits per heavy atom. The maximum absolute atomic E-state index is 14.2. The topological polar surface area (TPSA) is 96.1 Å². The van der Waals surface area contributed by atoms with Crippen LogP contribution < -0.4 is 10.6 Å². The van der Waals surface area contributed by atoms with Gasteiger partial charge in [0.1, 0.15) is 28.5 Å². The van der Waals surface area contributed by atoms with Crippen LogP contribution in [0.15, 0.2) is 42.5 Å². The number of benzene rings is 3. The molecule has 8 nitrogen and oxygen atoms in total. The summed E-state index contributed by atoms with van der Waals surface area (Å²) in [5.74, 6) is -3.72. The molecule has 0 radical (unpaired) electrons. The number of aromatic nitrogens is 4. The van der Waals surface area contributed by atoms with Gasteiger partial charge in [-0.05, 0) is 43.3 Å². The van der Waals surface area contributed by atoms with Gasteiger partial charge in [-0.2, -0.15) is 0 Å². The van der Waals surface area contributed by atoms with E-state index in [9.17, 15) is 22.4 Å². The molecular weight excluding hydrogens is 526 g/mol. The molecule has 1 atom stereocenters. The Bertz CT molecular complexity index is 1790. The standard InChI is InChI=1S/C28H25F4N7O/c1-14(26-35-24-18(31)13-17(30)23(32)25(24)36-26)27-34-20-5-3-15(11-22(20)37(27)2)28(40)39-9-7-38(8-10-39)21-6-4-16(29)12-19(21)33/h3-6,11-14H,7-10,33H2,1-2H3,(H,35,36). The predicted molar refractivity (Wildman–Crippen MR) is 143 cm³/mol. The van der Waals surface area contributed by atoms with E-state index in [1.165, 1.54) is 12.1 Å². The molecule has 0 spiro atoms. The van der Waals surface area contributed by atoms with Crippen molar-refractivity contribution in [2.45, 2.75) is 12.8 Å². The number of hydrogen-bond acceptors (Lipinski definition) is 5. The zero-order valence-electron chi connectivity index (χ0n) is 21.7. The van der Waals surface area contributed by atoms with Crippen LogP contribution in [-0.4, -0.2) is 56.5 Å². The van der Waals surface area contributed by atoms with Crippen LogP contribution in [0.25, 0.3) is 22.1 Å². The smallest absolute Gasteiger partial charge is 0.254 e. The van der Waals surface area contributed by atoms with Crippen molar-refractivity contribution in [3.63, 3.8) is 0 Å². The second kappa shape index (κ2) is 9.54. The number of aryl methyl sites for hydroxylation is 1. The Morgan fingerprint density at radius 1 is 0.975 bits per heavy atom. The molecule has 40 heavy (non-hydrogen) atoms. The van der Waals surface area contributed by atoms with Gasteiger partial charge in [0.05, 0.1) is 28.3 Å². The molecule has 3 heterocycles. The highest BCUT2D eigenvalue weighted by atomic mass is 19.2. The zero-order chi connectivity index (χ0) is 28.3. The molecule has 1 amide bonds. The van der Waals surface area contributed by atoms with Crippen LogP contribution in [0.5, 0.6) is 0 Å². The number of nitrogens with zero attached hydrogens (tertiary/aromatic N) is 5. The zero-order valence-corrected chi connectivity index (χ0v) is 21.7. The first kappa shape index (κ1) is 25.7. The minimum Gasteiger partial charge on any atom is -0.397 e. The summed E-state index contributed by atoms with van der Waals surface area (Å²) in [5, 5.41) is 0. The van der Waals surface area contributed by atoms with Gasteiger partial charge in [0.2, 0.25) is 0 Å². The summed E-state index contributed by atoms with van der Waals surface area (Å²) in [4.78, 5) is 28.7. The van der Waals surface area contributed by atoms with Crippen LogP contribution in [0.3, 0.4) is 0 Å². The normalized spacial score (nSPS) is 14.8. The molecule has 5 aromatic rings. The number of nitrogens with one attached hydrogen (secondary N) is 1. The molecule has 12 heteroatoms. The summed E-state index contributed by atoms with van der Waals surface area (Å²) < 4.78 is 57.3. The minimum atomic E-state index is -1.30. The number of amides is 1. The number of piperazine rings is 1. The first-order valence-electron chi connectivity index (χ1n) is 12.7. The molecule has 6 rings (SSSR count). The molecule has 3 aromatic carbocycles. The first-order chi connectivity index (χ1) is 19.1. The lowest BCUT2D eigenvalue weighted by atomic mass is 10.1. The maximum Gasteiger partial charge on any atom is 0.254 e. The summed E-state index contributed by atoms with van der Waals surface area (Å²) >= 11 is 0. The van der Waals surface area contributed by atoms with Crippen LogP contribution in [-0.2, 0) is 7.05 Å². The molecule has 0 bridgehead atoms. The second-order valence-corrected chi connectivity index (χ2v) is 9.94. The van der Waals surface area contributed by atoms with Gasteiger partial charge in [-0.15, -0.1) is 0 Å². The monoisotopic (exact) mass is 551 g/mol. The van der Waals surface area contributed by atoms with E-state index in [1.807, 2.05) is 4.90 Å². The minimum absolute atomic E-state index is 0.130. The number of nitrogens with two attached hydrogens (primary N) is 1. The largest absolute Gasteiger partial charge is 0.397 e. The number of carbonyl (C=O) groups excluding carboxylic acids is 1. The molecule has 1 unspecified atom stereocenters. The number of rotatable bonds is 4. The van der Waals surface area contributed by atoms with Gasteiger partial charge in [-0.3, -0.25) is 4.79 Å². The van der Waals surface area contributed by atoms with E-state index in [0.29, 0.717) is 60.4 Å². The number of halogens is 4. The summed E-state index contributed by atoms with van der Waals surface area (Å²) in [5.41, 5.74) is 8.29. The van der Waals surface area contributed by atoms with Gasteiger partial charge in [0.25, 0.3) is 5.91 Å². The molecular formula is C28H25F4N7O. The number of imidazole rings is 2. The lowest BCUT2D eigenvalue weighted by molar-refractivity contribution is 0.0747. The van der Waals surface area contributed by atoms with Crippen LogP contribution >= 0.6 is 0 Å². The molecule has 3 N–H and O–H groups in total. The van der Waals surface area contributed by atoms with Gasteiger partial charge in [0.15, 0.2) is 17.5 Å². The average molecular weight is 552 g/mol. The van der Waals surface area contributed by atoms with Crippen LogP contribution in [0, 0.1) is 23.3 Å². The lowest BCUT2D eigenvalue weighted by Crippen LogP contribution is -2.49. The first-order valence-corrected chi connectivity index (χ1v) is 12.7. The Balaban J connectivity index is 1.23. The third-order valence-electron chi connectivity index (χ3n) is 7.49. The molecule has 206 valence electrons. The highest BCUT2D eigenvalue weighted by Gasteiger charge is 2.26. The van der Waals surface area contributed by atoms with Gasteiger partial charge < -0.3 is 25.1 Å². The molecule has 1 aliphatic heterocycles. The molecule has 1 fully saturated rings. The van der Waals surface area contributed by atoms with Crippen molar-refractivity contribution in [1.29, 1.82) is 0 Å². The number of fused-ring (bicyclic) bond motifs is 2. The molecule has 0 saturated carbocycles. The second-order valence-electron chi connectivity index (χ2n) is 9.94. The number of H-pyrrole nitrogens is 1. The molecule has 1 saturated heterocycles. The van der Waals surface area contributed by atoms with Crippen LogP contribution in [0.2, 0.25) is 0 Å². The molecule has 2 aromatic heterocycles. The average Bonchev–Trinajstić information content (AvgIpc) is 3.54. The Morgan fingerprint density at radius 2 is 1.73 bits per heavy atom. The van der Waals surface area contributed by atoms with Gasteiger partial charge in [-0.1, -0.05) is 0 Å². The van der Waals surface area contributed by atoms with Crippen molar-refractivity contribution in [3.05, 3.63) is 82.9 Å². The van der Waals surface area contributed by atoms with Gasteiger partial charge >= 0.3 is 0 Å². The number of aromatic amines is 1. The fourth-order valence-electron chi connectivity index (χ4n) is 5.29. The SMILES string of the molecule is CC(c1nc2c(F)cc(F)c(F)c2[nH]1)c1nc2ccc(C(=O)N3CCN(c4ccc(F)cc4N)CC3)cc2n1C. The van der Waals surface area contributed by atoms with E-state index in [0.717, 1.165) is 5.69 Å². The highest BCUT2D eigenvalue weighted by Crippen LogP contribution is 2.30. The summed E-state index contributed by atoms with van der Waals surface area (Å²) in [6.07, 6.45) is 0. The third-order valence-corrected chi connectivity index (χ3v) is 7.49. The van der Waals surface area contributed by atoms with E-state index in [2.05, 4.69) is 15.0 Å². The number of nitrogen functional groups attached to an aromatic ring is 1. The lowest BCUT2D eigenvalue weighted by Gasteiger charge is -2.36. The van der Waals surface area contributed by atoms with E-state index in [4.69, 9.17) is 5.73 Å². The van der Waals surface area contributed by atoms with Crippen molar-refractivity contribution in [2.75, 3.05) is 36.8 Å². The third kappa shape index (κ3) is 4.19. The van der Waals surface area contributed by atoms with Gasteiger partial charge in [0, 0.05) is 44.9 Å². The van der Waals surface area contributed by atoms with E-state index < -0.39 is 29.2 Å².